The number of hydrogen-bond donors (Lipinski definition) is 0. The zero-order chi connectivity index (χ0) is 15.6. The molecule has 0 amide bonds. The van der Waals surface area contributed by atoms with Gasteiger partial charge in [-0.1, -0.05) is 11.6 Å². The average molecular weight is 319 g/mol. The number of halogens is 4. The molecule has 0 radical (unpaired) electrons. The van der Waals surface area contributed by atoms with Crippen LogP contribution in [0.4, 0.5) is 19.0 Å². The van der Waals surface area contributed by atoms with E-state index < -0.39 is 22.5 Å². The quantitative estimate of drug-likeness (QED) is 0.619. The number of pyridine rings is 1. The molecular formula is C12H6ClF3N2O3. The van der Waals surface area contributed by atoms with Gasteiger partial charge in [0.05, 0.1) is 10.6 Å². The summed E-state index contributed by atoms with van der Waals surface area (Å²) in [7, 11) is 0. The molecule has 0 fully saturated rings. The third kappa shape index (κ3) is 3.60. The van der Waals surface area contributed by atoms with Crippen LogP contribution < -0.4 is 4.74 Å². The van der Waals surface area contributed by atoms with Gasteiger partial charge in [-0.25, -0.2) is 0 Å². The summed E-state index contributed by atoms with van der Waals surface area (Å²) < 4.78 is 42.9. The number of rotatable bonds is 3. The van der Waals surface area contributed by atoms with Crippen LogP contribution in [-0.4, -0.2) is 9.91 Å². The molecule has 1 aromatic carbocycles. The van der Waals surface area contributed by atoms with E-state index in [9.17, 15) is 23.3 Å². The summed E-state index contributed by atoms with van der Waals surface area (Å²) >= 11 is 5.76. The third-order valence-electron chi connectivity index (χ3n) is 2.39. The highest BCUT2D eigenvalue weighted by Gasteiger charge is 2.31. The van der Waals surface area contributed by atoms with E-state index in [1.54, 1.807) is 0 Å². The van der Waals surface area contributed by atoms with E-state index in [-0.39, 0.29) is 16.5 Å². The van der Waals surface area contributed by atoms with E-state index in [1.165, 1.54) is 6.07 Å². The van der Waals surface area contributed by atoms with Crippen LogP contribution in [0, 0.1) is 10.1 Å². The number of hydrogen-bond acceptors (Lipinski definition) is 4. The van der Waals surface area contributed by atoms with E-state index in [2.05, 4.69) is 4.98 Å². The Morgan fingerprint density at radius 1 is 1.24 bits per heavy atom. The number of alkyl halides is 3. The lowest BCUT2D eigenvalue weighted by Gasteiger charge is -2.10. The second-order valence-electron chi connectivity index (χ2n) is 3.85. The molecule has 21 heavy (non-hydrogen) atoms. The molecule has 0 atom stereocenters. The Bertz CT molecular complexity index is 674. The molecular weight excluding hydrogens is 313 g/mol. The van der Waals surface area contributed by atoms with Gasteiger partial charge in [-0.2, -0.15) is 13.2 Å². The predicted octanol–water partition coefficient (Wildman–Crippen LogP) is 4.45. The molecule has 0 aliphatic rings. The maximum Gasteiger partial charge on any atom is 0.416 e. The topological polar surface area (TPSA) is 65.3 Å². The first-order valence-corrected chi connectivity index (χ1v) is 5.80. The molecule has 0 aliphatic heterocycles. The monoisotopic (exact) mass is 318 g/mol. The molecule has 0 spiro atoms. The average Bonchev–Trinajstić information content (AvgIpc) is 2.40. The van der Waals surface area contributed by atoms with Gasteiger partial charge in [0.15, 0.2) is 11.9 Å². The summed E-state index contributed by atoms with van der Waals surface area (Å²) in [5.74, 6) is -0.596. The SMILES string of the molecule is O=[N+]([O-])c1ccc(Oc2cc(C(F)(F)F)ccc2Cl)cn1. The molecule has 0 saturated heterocycles. The van der Waals surface area contributed by atoms with E-state index in [0.29, 0.717) is 0 Å². The lowest BCUT2D eigenvalue weighted by Crippen LogP contribution is -2.04. The Hall–Kier alpha value is -2.35. The summed E-state index contributed by atoms with van der Waals surface area (Å²) in [6.45, 7) is 0. The Labute approximate surface area is 121 Å². The molecule has 1 aromatic heterocycles. The molecule has 0 N–H and O–H groups in total. The summed E-state index contributed by atoms with van der Waals surface area (Å²) in [6, 6.07) is 4.89. The van der Waals surface area contributed by atoms with Crippen molar-refractivity contribution in [2.75, 3.05) is 0 Å². The highest BCUT2D eigenvalue weighted by atomic mass is 35.5. The van der Waals surface area contributed by atoms with Crippen molar-refractivity contribution >= 4 is 17.4 Å². The highest BCUT2D eigenvalue weighted by molar-refractivity contribution is 6.32. The summed E-state index contributed by atoms with van der Waals surface area (Å²) in [5, 5.41) is 10.4. The number of benzene rings is 1. The molecule has 2 aromatic rings. The van der Waals surface area contributed by atoms with Crippen LogP contribution in [0.15, 0.2) is 36.5 Å². The lowest BCUT2D eigenvalue weighted by atomic mass is 10.2. The van der Waals surface area contributed by atoms with Crippen molar-refractivity contribution in [3.8, 4) is 11.5 Å². The van der Waals surface area contributed by atoms with Crippen LogP contribution in [0.25, 0.3) is 0 Å². The van der Waals surface area contributed by atoms with Crippen molar-refractivity contribution in [1.29, 1.82) is 0 Å². The van der Waals surface area contributed by atoms with Crippen LogP contribution in [0.5, 0.6) is 11.5 Å². The van der Waals surface area contributed by atoms with Crippen LogP contribution in [0.2, 0.25) is 5.02 Å². The van der Waals surface area contributed by atoms with Gasteiger partial charge in [0.1, 0.15) is 5.75 Å². The van der Waals surface area contributed by atoms with Crippen LogP contribution >= 0.6 is 11.6 Å². The third-order valence-corrected chi connectivity index (χ3v) is 2.71. The number of ether oxygens (including phenoxy) is 1. The van der Waals surface area contributed by atoms with Gasteiger partial charge in [0.2, 0.25) is 0 Å². The van der Waals surface area contributed by atoms with Crippen molar-refractivity contribution < 1.29 is 22.8 Å². The summed E-state index contributed by atoms with van der Waals surface area (Å²) in [4.78, 5) is 13.2. The second kappa shape index (κ2) is 5.57. The van der Waals surface area contributed by atoms with Gasteiger partial charge in [-0.3, -0.25) is 0 Å². The van der Waals surface area contributed by atoms with E-state index in [4.69, 9.17) is 16.3 Å². The summed E-state index contributed by atoms with van der Waals surface area (Å²) in [6.07, 6.45) is -3.51. The van der Waals surface area contributed by atoms with Crippen LogP contribution in [0.3, 0.4) is 0 Å². The van der Waals surface area contributed by atoms with Crippen molar-refractivity contribution in [2.45, 2.75) is 6.18 Å². The first-order valence-electron chi connectivity index (χ1n) is 5.42. The Balaban J connectivity index is 2.28. The Morgan fingerprint density at radius 3 is 2.48 bits per heavy atom. The zero-order valence-electron chi connectivity index (χ0n) is 10.1. The smallest absolute Gasteiger partial charge is 0.416 e. The lowest BCUT2D eigenvalue weighted by molar-refractivity contribution is -0.389. The molecule has 0 aliphatic carbocycles. The van der Waals surface area contributed by atoms with Crippen molar-refractivity contribution in [2.24, 2.45) is 0 Å². The molecule has 5 nitrogen and oxygen atoms in total. The van der Waals surface area contributed by atoms with Gasteiger partial charge in [0.25, 0.3) is 0 Å². The highest BCUT2D eigenvalue weighted by Crippen LogP contribution is 2.36. The number of aromatic nitrogens is 1. The van der Waals surface area contributed by atoms with E-state index >= 15 is 0 Å². The molecule has 1 heterocycles. The second-order valence-corrected chi connectivity index (χ2v) is 4.26. The molecule has 0 bridgehead atoms. The van der Waals surface area contributed by atoms with Gasteiger partial charge in [-0.15, -0.1) is 0 Å². The number of nitrogens with zero attached hydrogens (tertiary/aromatic N) is 2. The van der Waals surface area contributed by atoms with Crippen LogP contribution in [0.1, 0.15) is 5.56 Å². The maximum atomic E-state index is 12.6. The first-order chi connectivity index (χ1) is 9.77. The minimum Gasteiger partial charge on any atom is -0.452 e. The molecule has 2 rings (SSSR count). The van der Waals surface area contributed by atoms with Crippen molar-refractivity contribution in [1.82, 2.24) is 4.98 Å². The minimum absolute atomic E-state index is 0.0265. The fourth-order valence-corrected chi connectivity index (χ4v) is 1.58. The molecule has 0 unspecified atom stereocenters. The normalized spacial score (nSPS) is 11.2. The standard InChI is InChI=1S/C12H6ClF3N2O3/c13-9-3-1-7(12(14,15)16)5-10(9)21-8-2-4-11(17-6-8)18(19)20/h1-6H. The van der Waals surface area contributed by atoms with E-state index in [1.807, 2.05) is 0 Å². The zero-order valence-corrected chi connectivity index (χ0v) is 10.9. The van der Waals surface area contributed by atoms with Gasteiger partial charge >= 0.3 is 12.0 Å². The van der Waals surface area contributed by atoms with Crippen LogP contribution in [-0.2, 0) is 6.18 Å². The maximum absolute atomic E-state index is 12.6. The van der Waals surface area contributed by atoms with Gasteiger partial charge in [0, 0.05) is 6.07 Å². The molecule has 110 valence electrons. The fourth-order valence-electron chi connectivity index (χ4n) is 1.43. The van der Waals surface area contributed by atoms with Crippen molar-refractivity contribution in [3.05, 3.63) is 57.2 Å². The van der Waals surface area contributed by atoms with E-state index in [0.717, 1.165) is 30.5 Å². The largest absolute Gasteiger partial charge is 0.452 e. The molecule has 9 heteroatoms. The first kappa shape index (κ1) is 15.0. The predicted molar refractivity (Wildman–Crippen MR) is 67.4 cm³/mol. The Morgan fingerprint density at radius 2 is 1.95 bits per heavy atom. The van der Waals surface area contributed by atoms with Gasteiger partial charge in [-0.05, 0) is 34.2 Å². The minimum atomic E-state index is -4.53. The number of nitro groups is 1. The Kier molecular flexibility index (Phi) is 3.99. The summed E-state index contributed by atoms with van der Waals surface area (Å²) in [5.41, 5.74) is -0.920. The van der Waals surface area contributed by atoms with Crippen molar-refractivity contribution in [3.63, 3.8) is 0 Å². The van der Waals surface area contributed by atoms with Gasteiger partial charge < -0.3 is 14.9 Å². The fraction of sp³-hybridized carbons (Fsp3) is 0.0833. The molecule has 0 saturated carbocycles.